The predicted molar refractivity (Wildman–Crippen MR) is 129 cm³/mol. The molecule has 0 bridgehead atoms. The van der Waals surface area contributed by atoms with Gasteiger partial charge in [0.15, 0.2) is 5.78 Å². The van der Waals surface area contributed by atoms with Crippen molar-refractivity contribution in [1.29, 1.82) is 0 Å². The Morgan fingerprint density at radius 3 is 2.50 bits per heavy atom. The Balaban J connectivity index is 1.60. The number of allylic oxidation sites excluding steroid dienone is 1. The average Bonchev–Trinajstić information content (AvgIpc) is 3.03. The molecule has 0 aromatic heterocycles. The van der Waals surface area contributed by atoms with Crippen molar-refractivity contribution in [3.05, 3.63) is 41.5 Å². The minimum Gasteiger partial charge on any atom is -0.378 e. The van der Waals surface area contributed by atoms with Crippen LogP contribution in [0.1, 0.15) is 70.3 Å². The summed E-state index contributed by atoms with van der Waals surface area (Å²) in [6.45, 7) is 4.18. The number of hydrogen-bond acceptors (Lipinski definition) is 3. The Morgan fingerprint density at radius 2 is 1.81 bits per heavy atom. The number of benzene rings is 1. The van der Waals surface area contributed by atoms with Crippen LogP contribution in [0.5, 0.6) is 0 Å². The van der Waals surface area contributed by atoms with Gasteiger partial charge in [0.25, 0.3) is 0 Å². The van der Waals surface area contributed by atoms with Crippen LogP contribution in [0.25, 0.3) is 0 Å². The van der Waals surface area contributed by atoms with Gasteiger partial charge in [0.1, 0.15) is 5.60 Å². The summed E-state index contributed by atoms with van der Waals surface area (Å²) in [5.41, 5.74) is 2.93. The van der Waals surface area contributed by atoms with Gasteiger partial charge in [-0.25, -0.2) is 0 Å². The second-order valence-corrected chi connectivity index (χ2v) is 11.2. The van der Waals surface area contributed by atoms with Gasteiger partial charge >= 0.3 is 0 Å². The number of nitrogens with zero attached hydrogens (tertiary/aromatic N) is 1. The minimum absolute atomic E-state index is 0.187. The molecule has 4 aliphatic carbocycles. The van der Waals surface area contributed by atoms with Crippen molar-refractivity contribution in [2.24, 2.45) is 29.1 Å². The molecule has 0 spiro atoms. The first-order valence-electron chi connectivity index (χ1n) is 12.4. The maximum absolute atomic E-state index is 12.2. The number of carbonyl (C=O) groups excluding carboxylic acids is 1. The number of carbonyl (C=O) groups is 1. The molecule has 3 saturated carbocycles. The first-order valence-corrected chi connectivity index (χ1v) is 12.4. The van der Waals surface area contributed by atoms with Gasteiger partial charge in [0, 0.05) is 31.6 Å². The van der Waals surface area contributed by atoms with Crippen molar-refractivity contribution in [2.75, 3.05) is 19.0 Å². The summed E-state index contributed by atoms with van der Waals surface area (Å²) < 4.78 is 0. The van der Waals surface area contributed by atoms with Crippen LogP contribution >= 0.6 is 0 Å². The van der Waals surface area contributed by atoms with Crippen molar-refractivity contribution in [2.45, 2.75) is 70.3 Å². The number of rotatable bonds is 2. The summed E-state index contributed by atoms with van der Waals surface area (Å²) in [7, 11) is 4.16. The summed E-state index contributed by atoms with van der Waals surface area (Å²) in [5, 5.41) is 11.7. The number of fused-ring (bicyclic) bond motifs is 5. The van der Waals surface area contributed by atoms with Crippen LogP contribution in [0.3, 0.4) is 0 Å². The van der Waals surface area contributed by atoms with Crippen LogP contribution in [0.2, 0.25) is 0 Å². The molecule has 0 heterocycles. The lowest BCUT2D eigenvalue weighted by Crippen LogP contribution is -2.54. The zero-order valence-corrected chi connectivity index (χ0v) is 20.0. The van der Waals surface area contributed by atoms with Gasteiger partial charge in [-0.15, -0.1) is 5.92 Å². The fourth-order valence-electron chi connectivity index (χ4n) is 8.09. The van der Waals surface area contributed by atoms with E-state index in [-0.39, 0.29) is 5.41 Å². The highest BCUT2D eigenvalue weighted by molar-refractivity contribution is 5.91. The lowest BCUT2D eigenvalue weighted by Gasteiger charge is -2.58. The average molecular weight is 432 g/mol. The fraction of sp³-hybridized carbons (Fsp3) is 0.621. The minimum atomic E-state index is -0.891. The molecule has 1 aromatic carbocycles. The molecule has 32 heavy (non-hydrogen) atoms. The van der Waals surface area contributed by atoms with Crippen molar-refractivity contribution >= 4 is 11.5 Å². The Labute approximate surface area is 193 Å². The Hall–Kier alpha value is -2.05. The maximum atomic E-state index is 12.2. The van der Waals surface area contributed by atoms with E-state index in [1.807, 2.05) is 13.0 Å². The quantitative estimate of drug-likeness (QED) is 0.643. The zero-order chi connectivity index (χ0) is 22.7. The molecule has 3 heteroatoms. The lowest BCUT2D eigenvalue weighted by molar-refractivity contribution is -0.117. The number of hydrogen-bond donors (Lipinski definition) is 1. The molecule has 1 aromatic rings. The van der Waals surface area contributed by atoms with Crippen LogP contribution in [0, 0.1) is 40.9 Å². The summed E-state index contributed by atoms with van der Waals surface area (Å²) in [6.07, 6.45) is 8.70. The van der Waals surface area contributed by atoms with Crippen LogP contribution < -0.4 is 4.90 Å². The van der Waals surface area contributed by atoms with E-state index in [0.717, 1.165) is 38.5 Å². The Kier molecular flexibility index (Phi) is 5.29. The van der Waals surface area contributed by atoms with Crippen LogP contribution in [0.4, 0.5) is 5.69 Å². The number of anilines is 1. The molecule has 7 atom stereocenters. The fourth-order valence-corrected chi connectivity index (χ4v) is 8.09. The molecular weight excluding hydrogens is 394 g/mol. The second-order valence-electron chi connectivity index (χ2n) is 11.2. The molecule has 1 N–H and O–H groups in total. The molecule has 0 aliphatic heterocycles. The maximum Gasteiger partial charge on any atom is 0.155 e. The smallest absolute Gasteiger partial charge is 0.155 e. The molecule has 0 saturated heterocycles. The highest BCUT2D eigenvalue weighted by Crippen LogP contribution is 2.68. The first kappa shape index (κ1) is 21.8. The third-order valence-corrected chi connectivity index (χ3v) is 9.62. The van der Waals surface area contributed by atoms with Gasteiger partial charge in [-0.1, -0.05) is 30.6 Å². The number of ketones is 1. The van der Waals surface area contributed by atoms with Crippen molar-refractivity contribution in [1.82, 2.24) is 0 Å². The molecule has 3 nitrogen and oxygen atoms in total. The van der Waals surface area contributed by atoms with Gasteiger partial charge in [-0.3, -0.25) is 4.79 Å². The molecule has 4 aliphatic rings. The van der Waals surface area contributed by atoms with Gasteiger partial charge < -0.3 is 10.0 Å². The monoisotopic (exact) mass is 431 g/mol. The largest absolute Gasteiger partial charge is 0.378 e. The summed E-state index contributed by atoms with van der Waals surface area (Å²) in [4.78, 5) is 14.3. The van der Waals surface area contributed by atoms with Crippen molar-refractivity contribution in [3.63, 3.8) is 0 Å². The van der Waals surface area contributed by atoms with E-state index in [1.165, 1.54) is 16.8 Å². The van der Waals surface area contributed by atoms with Crippen molar-refractivity contribution in [3.8, 4) is 11.8 Å². The highest BCUT2D eigenvalue weighted by Gasteiger charge is 2.64. The third kappa shape index (κ3) is 3.18. The molecule has 170 valence electrons. The zero-order valence-electron chi connectivity index (χ0n) is 20.0. The highest BCUT2D eigenvalue weighted by atomic mass is 16.3. The van der Waals surface area contributed by atoms with Crippen LogP contribution in [-0.4, -0.2) is 30.6 Å². The van der Waals surface area contributed by atoms with Crippen LogP contribution in [-0.2, 0) is 4.79 Å². The van der Waals surface area contributed by atoms with E-state index in [1.54, 1.807) is 0 Å². The summed E-state index contributed by atoms with van der Waals surface area (Å²) in [6, 6.07) is 9.09. The predicted octanol–water partition coefficient (Wildman–Crippen LogP) is 5.34. The van der Waals surface area contributed by atoms with E-state index in [9.17, 15) is 9.90 Å². The molecule has 3 fully saturated rings. The first-order chi connectivity index (χ1) is 15.3. The SMILES string of the molecule is CC#CC1(O)CCC2C3CCC4=CC(=O)CCC4C3C(c3ccc(N(C)C)cc3)CC21C. The summed E-state index contributed by atoms with van der Waals surface area (Å²) in [5.74, 6) is 9.19. The summed E-state index contributed by atoms with van der Waals surface area (Å²) >= 11 is 0. The van der Waals surface area contributed by atoms with E-state index >= 15 is 0 Å². The Morgan fingerprint density at radius 1 is 1.06 bits per heavy atom. The lowest BCUT2D eigenvalue weighted by atomic mass is 9.46. The molecule has 7 unspecified atom stereocenters. The van der Waals surface area contributed by atoms with Crippen molar-refractivity contribution < 1.29 is 9.90 Å². The van der Waals surface area contributed by atoms with Crippen LogP contribution in [0.15, 0.2) is 35.9 Å². The van der Waals surface area contributed by atoms with Gasteiger partial charge in [0.2, 0.25) is 0 Å². The van der Waals surface area contributed by atoms with Gasteiger partial charge in [-0.05, 0) is 98.8 Å². The van der Waals surface area contributed by atoms with Gasteiger partial charge in [0.05, 0.1) is 0 Å². The van der Waals surface area contributed by atoms with E-state index in [4.69, 9.17) is 0 Å². The Bertz CT molecular complexity index is 996. The third-order valence-electron chi connectivity index (χ3n) is 9.62. The molecule has 5 rings (SSSR count). The molecule has 0 amide bonds. The normalized spacial score (nSPS) is 40.3. The standard InChI is InChI=1S/C29H37NO2/c1-5-15-29(32)16-14-26-24-12-8-20-17-22(31)11-13-23(20)27(24)25(18-28(26,29)2)19-6-9-21(10-7-19)30(3)4/h6-7,9-10,17,23-27,32H,8,11-14,16,18H2,1-4H3. The molecule has 0 radical (unpaired) electrons. The topological polar surface area (TPSA) is 40.5 Å². The second kappa shape index (κ2) is 7.77. The molecular formula is C29H37NO2. The number of aliphatic hydroxyl groups is 1. The van der Waals surface area contributed by atoms with E-state index < -0.39 is 5.60 Å². The van der Waals surface area contributed by atoms with E-state index in [0.29, 0.717) is 41.8 Å². The van der Waals surface area contributed by atoms with Gasteiger partial charge in [-0.2, -0.15) is 0 Å². The van der Waals surface area contributed by atoms with E-state index in [2.05, 4.69) is 62.0 Å².